The minimum Gasteiger partial charge on any atom is -0.390 e. The predicted molar refractivity (Wildman–Crippen MR) is 64.5 cm³/mol. The molecule has 2 N–H and O–H groups in total. The van der Waals surface area contributed by atoms with Crippen LogP contribution in [0.25, 0.3) is 0 Å². The van der Waals surface area contributed by atoms with Crippen LogP contribution in [0.15, 0.2) is 30.3 Å². The molecule has 2 atom stereocenters. The van der Waals surface area contributed by atoms with E-state index >= 15 is 0 Å². The maximum Gasteiger partial charge on any atom is 0.217 e. The van der Waals surface area contributed by atoms with Gasteiger partial charge in [0.25, 0.3) is 0 Å². The molecule has 0 spiro atoms. The molecule has 0 aromatic heterocycles. The SMILES string of the molecule is CC(=O)N[C@@H](Cc1ccccc1)[C@@H](O)CCl. The topological polar surface area (TPSA) is 49.3 Å². The largest absolute Gasteiger partial charge is 0.390 e. The van der Waals surface area contributed by atoms with Gasteiger partial charge < -0.3 is 10.4 Å². The number of rotatable bonds is 5. The van der Waals surface area contributed by atoms with Gasteiger partial charge in [0.05, 0.1) is 18.0 Å². The van der Waals surface area contributed by atoms with Crippen LogP contribution in [0.5, 0.6) is 0 Å². The molecular formula is C12H16ClNO2. The number of hydrogen-bond donors (Lipinski definition) is 2. The maximum atomic E-state index is 11.0. The van der Waals surface area contributed by atoms with Gasteiger partial charge >= 0.3 is 0 Å². The summed E-state index contributed by atoms with van der Waals surface area (Å²) in [5.41, 5.74) is 1.06. The highest BCUT2D eigenvalue weighted by atomic mass is 35.5. The van der Waals surface area contributed by atoms with Gasteiger partial charge in [-0.05, 0) is 12.0 Å². The van der Waals surface area contributed by atoms with E-state index in [0.717, 1.165) is 5.56 Å². The lowest BCUT2D eigenvalue weighted by atomic mass is 10.0. The number of carbonyl (C=O) groups excluding carboxylic acids is 1. The third kappa shape index (κ3) is 4.21. The van der Waals surface area contributed by atoms with E-state index in [2.05, 4.69) is 5.32 Å². The minimum absolute atomic E-state index is 0.109. The van der Waals surface area contributed by atoms with E-state index in [1.54, 1.807) is 0 Å². The first kappa shape index (κ1) is 13.0. The summed E-state index contributed by atoms with van der Waals surface area (Å²) in [7, 11) is 0. The fraction of sp³-hybridized carbons (Fsp3) is 0.417. The molecule has 4 heteroatoms. The Hall–Kier alpha value is -1.06. The lowest BCUT2D eigenvalue weighted by molar-refractivity contribution is -0.120. The molecule has 0 aliphatic rings. The number of hydrogen-bond acceptors (Lipinski definition) is 2. The average Bonchev–Trinajstić information content (AvgIpc) is 2.28. The highest BCUT2D eigenvalue weighted by Crippen LogP contribution is 2.07. The highest BCUT2D eigenvalue weighted by Gasteiger charge is 2.19. The van der Waals surface area contributed by atoms with Gasteiger partial charge in [-0.3, -0.25) is 4.79 Å². The van der Waals surface area contributed by atoms with Crippen LogP contribution < -0.4 is 5.32 Å². The second-order valence-corrected chi connectivity index (χ2v) is 4.03. The second-order valence-electron chi connectivity index (χ2n) is 3.72. The Labute approximate surface area is 100 Å². The second kappa shape index (κ2) is 6.51. The molecule has 0 aliphatic carbocycles. The molecule has 0 unspecified atom stereocenters. The van der Waals surface area contributed by atoms with Crippen molar-refractivity contribution in [3.63, 3.8) is 0 Å². The molecule has 16 heavy (non-hydrogen) atoms. The molecule has 0 bridgehead atoms. The summed E-state index contributed by atoms with van der Waals surface area (Å²) >= 11 is 5.60. The standard InChI is InChI=1S/C12H16ClNO2/c1-9(15)14-11(12(16)8-13)7-10-5-3-2-4-6-10/h2-6,11-12,16H,7-8H2,1H3,(H,14,15)/t11-,12-/m0/s1. The summed E-state index contributed by atoms with van der Waals surface area (Å²) in [5, 5.41) is 12.4. The van der Waals surface area contributed by atoms with Crippen LogP contribution in [0.3, 0.4) is 0 Å². The third-order valence-electron chi connectivity index (χ3n) is 2.31. The first-order chi connectivity index (χ1) is 7.63. The van der Waals surface area contributed by atoms with Crippen LogP contribution in [0.4, 0.5) is 0 Å². The number of nitrogens with one attached hydrogen (secondary N) is 1. The summed E-state index contributed by atoms with van der Waals surface area (Å²) in [5.74, 6) is -0.0530. The van der Waals surface area contributed by atoms with E-state index < -0.39 is 6.10 Å². The van der Waals surface area contributed by atoms with Crippen LogP contribution >= 0.6 is 11.6 Å². The Morgan fingerprint density at radius 1 is 1.44 bits per heavy atom. The zero-order valence-corrected chi connectivity index (χ0v) is 9.95. The molecule has 88 valence electrons. The number of aliphatic hydroxyl groups excluding tert-OH is 1. The van der Waals surface area contributed by atoms with E-state index in [4.69, 9.17) is 11.6 Å². The van der Waals surface area contributed by atoms with Crippen molar-refractivity contribution in [1.29, 1.82) is 0 Å². The van der Waals surface area contributed by atoms with Crippen LogP contribution in [-0.2, 0) is 11.2 Å². The molecule has 0 aliphatic heterocycles. The van der Waals surface area contributed by atoms with Crippen molar-refractivity contribution in [2.45, 2.75) is 25.5 Å². The Morgan fingerprint density at radius 3 is 2.56 bits per heavy atom. The Bertz CT molecular complexity index is 329. The molecule has 0 saturated heterocycles. The Morgan fingerprint density at radius 2 is 2.06 bits per heavy atom. The average molecular weight is 242 g/mol. The Balaban J connectivity index is 2.67. The maximum absolute atomic E-state index is 11.0. The zero-order chi connectivity index (χ0) is 12.0. The van der Waals surface area contributed by atoms with E-state index in [1.807, 2.05) is 30.3 Å². The molecule has 1 aromatic rings. The molecule has 0 heterocycles. The molecular weight excluding hydrogens is 226 g/mol. The van der Waals surface area contributed by atoms with Crippen LogP contribution in [-0.4, -0.2) is 29.0 Å². The first-order valence-electron chi connectivity index (χ1n) is 5.18. The smallest absolute Gasteiger partial charge is 0.217 e. The Kier molecular flexibility index (Phi) is 5.29. The van der Waals surface area contributed by atoms with Gasteiger partial charge in [-0.25, -0.2) is 0 Å². The van der Waals surface area contributed by atoms with Crippen molar-refractivity contribution in [1.82, 2.24) is 5.32 Å². The van der Waals surface area contributed by atoms with Gasteiger partial charge in [-0.15, -0.1) is 11.6 Å². The van der Waals surface area contributed by atoms with Crippen LogP contribution in [0.1, 0.15) is 12.5 Å². The number of halogens is 1. The van der Waals surface area contributed by atoms with Gasteiger partial charge in [-0.1, -0.05) is 30.3 Å². The number of aliphatic hydroxyl groups is 1. The van der Waals surface area contributed by atoms with E-state index in [9.17, 15) is 9.90 Å². The summed E-state index contributed by atoms with van der Waals surface area (Å²) in [6.07, 6.45) is -0.153. The van der Waals surface area contributed by atoms with Crippen molar-refractivity contribution in [2.24, 2.45) is 0 Å². The van der Waals surface area contributed by atoms with Crippen LogP contribution in [0.2, 0.25) is 0 Å². The van der Waals surface area contributed by atoms with Crippen molar-refractivity contribution < 1.29 is 9.90 Å². The van der Waals surface area contributed by atoms with Crippen molar-refractivity contribution in [3.05, 3.63) is 35.9 Å². The fourth-order valence-corrected chi connectivity index (χ4v) is 1.73. The van der Waals surface area contributed by atoms with Gasteiger partial charge in [0.15, 0.2) is 0 Å². The molecule has 1 amide bonds. The normalized spacial score (nSPS) is 14.2. The van der Waals surface area contributed by atoms with Crippen molar-refractivity contribution in [3.8, 4) is 0 Å². The first-order valence-corrected chi connectivity index (χ1v) is 5.72. The molecule has 1 rings (SSSR count). The summed E-state index contributed by atoms with van der Waals surface area (Å²) < 4.78 is 0. The van der Waals surface area contributed by atoms with Gasteiger partial charge in [0.2, 0.25) is 5.91 Å². The minimum atomic E-state index is -0.731. The van der Waals surface area contributed by atoms with Crippen molar-refractivity contribution in [2.75, 3.05) is 5.88 Å². The number of amides is 1. The lowest BCUT2D eigenvalue weighted by Gasteiger charge is -2.22. The quantitative estimate of drug-likeness (QED) is 0.765. The summed E-state index contributed by atoms with van der Waals surface area (Å²) in [6.45, 7) is 1.43. The number of carbonyl (C=O) groups is 1. The fourth-order valence-electron chi connectivity index (χ4n) is 1.52. The van der Waals surface area contributed by atoms with E-state index in [1.165, 1.54) is 6.92 Å². The van der Waals surface area contributed by atoms with Gasteiger partial charge in [-0.2, -0.15) is 0 Å². The number of alkyl halides is 1. The molecule has 1 aromatic carbocycles. The molecule has 3 nitrogen and oxygen atoms in total. The molecule has 0 fully saturated rings. The molecule has 0 saturated carbocycles. The van der Waals surface area contributed by atoms with Gasteiger partial charge in [0, 0.05) is 6.92 Å². The third-order valence-corrected chi connectivity index (χ3v) is 2.63. The van der Waals surface area contributed by atoms with Crippen molar-refractivity contribution >= 4 is 17.5 Å². The zero-order valence-electron chi connectivity index (χ0n) is 9.19. The molecule has 0 radical (unpaired) electrons. The lowest BCUT2D eigenvalue weighted by Crippen LogP contribution is -2.44. The highest BCUT2D eigenvalue weighted by molar-refractivity contribution is 6.18. The van der Waals surface area contributed by atoms with E-state index in [-0.39, 0.29) is 17.8 Å². The number of benzene rings is 1. The van der Waals surface area contributed by atoms with Gasteiger partial charge in [0.1, 0.15) is 0 Å². The summed E-state index contributed by atoms with van der Waals surface area (Å²) in [6, 6.07) is 9.35. The predicted octanol–water partition coefficient (Wildman–Crippen LogP) is 1.33. The monoisotopic (exact) mass is 241 g/mol. The summed E-state index contributed by atoms with van der Waals surface area (Å²) in [4.78, 5) is 11.0. The van der Waals surface area contributed by atoms with E-state index in [0.29, 0.717) is 6.42 Å². The van der Waals surface area contributed by atoms with Crippen LogP contribution in [0, 0.1) is 0 Å².